The van der Waals surface area contributed by atoms with Crippen molar-refractivity contribution in [3.63, 3.8) is 0 Å². The topological polar surface area (TPSA) is 72.3 Å². The molecule has 1 N–H and O–H groups in total. The van der Waals surface area contributed by atoms with Gasteiger partial charge in [0.25, 0.3) is 5.91 Å². The number of benzene rings is 1. The van der Waals surface area contributed by atoms with Crippen LogP contribution in [0.3, 0.4) is 0 Å². The Morgan fingerprint density at radius 3 is 2.79 bits per heavy atom. The van der Waals surface area contributed by atoms with Crippen molar-refractivity contribution in [2.24, 2.45) is 0 Å². The predicted octanol–water partition coefficient (Wildman–Crippen LogP) is 2.13. The van der Waals surface area contributed by atoms with E-state index in [0.717, 1.165) is 12.1 Å². The molecule has 1 fully saturated rings. The lowest BCUT2D eigenvalue weighted by Crippen LogP contribution is -2.36. The number of likely N-dealkylation sites (tertiary alicyclic amines) is 1. The van der Waals surface area contributed by atoms with E-state index >= 15 is 0 Å². The zero-order valence-electron chi connectivity index (χ0n) is 13.5. The molecule has 0 radical (unpaired) electrons. The molecule has 6 nitrogen and oxygen atoms in total. The lowest BCUT2D eigenvalue weighted by atomic mass is 10.2. The molecule has 1 atom stereocenters. The molecule has 24 heavy (non-hydrogen) atoms. The third-order valence-electron chi connectivity index (χ3n) is 4.12. The number of rotatable bonds is 4. The summed E-state index contributed by atoms with van der Waals surface area (Å²) in [4.78, 5) is 20.5. The SMILES string of the molecule is CN(c1ccccc1)c1cccc(C(=O)NC2CCN(C#N)C2)n1. The molecule has 0 bridgehead atoms. The molecular weight excluding hydrogens is 302 g/mol. The van der Waals surface area contributed by atoms with Crippen LogP contribution in [-0.2, 0) is 0 Å². The number of para-hydroxylation sites is 1. The molecule has 122 valence electrons. The van der Waals surface area contributed by atoms with Crippen LogP contribution in [-0.4, -0.2) is 42.0 Å². The first-order valence-electron chi connectivity index (χ1n) is 7.89. The molecule has 3 rings (SSSR count). The number of carbonyl (C=O) groups is 1. The van der Waals surface area contributed by atoms with Crippen LogP contribution >= 0.6 is 0 Å². The average Bonchev–Trinajstić information content (AvgIpc) is 3.09. The molecule has 2 aromatic rings. The highest BCUT2D eigenvalue weighted by Gasteiger charge is 2.24. The second-order valence-electron chi connectivity index (χ2n) is 5.78. The van der Waals surface area contributed by atoms with Crippen molar-refractivity contribution in [1.82, 2.24) is 15.2 Å². The smallest absolute Gasteiger partial charge is 0.270 e. The maximum atomic E-state index is 12.4. The average molecular weight is 321 g/mol. The summed E-state index contributed by atoms with van der Waals surface area (Å²) in [6, 6.07) is 15.3. The Bertz CT molecular complexity index is 756. The third kappa shape index (κ3) is 3.46. The van der Waals surface area contributed by atoms with E-state index in [4.69, 9.17) is 5.26 Å². The van der Waals surface area contributed by atoms with Crippen LogP contribution in [0.15, 0.2) is 48.5 Å². The fraction of sp³-hybridized carbons (Fsp3) is 0.278. The first-order chi connectivity index (χ1) is 11.7. The van der Waals surface area contributed by atoms with Crippen molar-refractivity contribution >= 4 is 17.4 Å². The number of nitrogens with one attached hydrogen (secondary N) is 1. The first-order valence-corrected chi connectivity index (χ1v) is 7.89. The van der Waals surface area contributed by atoms with Crippen molar-refractivity contribution in [2.45, 2.75) is 12.5 Å². The lowest BCUT2D eigenvalue weighted by Gasteiger charge is -2.19. The third-order valence-corrected chi connectivity index (χ3v) is 4.12. The maximum absolute atomic E-state index is 12.4. The largest absolute Gasteiger partial charge is 0.346 e. The molecule has 0 saturated carbocycles. The second-order valence-corrected chi connectivity index (χ2v) is 5.78. The Kier molecular flexibility index (Phi) is 4.62. The fourth-order valence-electron chi connectivity index (χ4n) is 2.75. The molecule has 0 aliphatic carbocycles. The number of hydrogen-bond donors (Lipinski definition) is 1. The Morgan fingerprint density at radius 2 is 2.08 bits per heavy atom. The van der Waals surface area contributed by atoms with Crippen LogP contribution in [0.25, 0.3) is 0 Å². The Morgan fingerprint density at radius 1 is 1.29 bits per heavy atom. The standard InChI is InChI=1S/C18H19N5O/c1-22(15-6-3-2-4-7-15)17-9-5-8-16(21-17)18(24)20-14-10-11-23(12-14)13-19/h2-9,14H,10-12H2,1H3,(H,20,24). The molecule has 0 spiro atoms. The van der Waals surface area contributed by atoms with Crippen LogP contribution in [0.2, 0.25) is 0 Å². The van der Waals surface area contributed by atoms with Crippen LogP contribution < -0.4 is 10.2 Å². The quantitative estimate of drug-likeness (QED) is 0.874. The van der Waals surface area contributed by atoms with E-state index in [1.807, 2.05) is 54.4 Å². The van der Waals surface area contributed by atoms with Gasteiger partial charge in [0.1, 0.15) is 11.5 Å². The molecule has 2 heterocycles. The fourth-order valence-corrected chi connectivity index (χ4v) is 2.75. The molecule has 6 heteroatoms. The minimum atomic E-state index is -0.205. The number of nitrogens with zero attached hydrogens (tertiary/aromatic N) is 4. The molecule has 1 unspecified atom stereocenters. The van der Waals surface area contributed by atoms with Gasteiger partial charge in [0.05, 0.1) is 0 Å². The molecule has 1 aliphatic heterocycles. The molecule has 1 amide bonds. The van der Waals surface area contributed by atoms with E-state index < -0.39 is 0 Å². The molecule has 1 aromatic carbocycles. The Balaban J connectivity index is 1.71. The van der Waals surface area contributed by atoms with Gasteiger partial charge < -0.3 is 15.1 Å². The van der Waals surface area contributed by atoms with Gasteiger partial charge in [-0.2, -0.15) is 5.26 Å². The van der Waals surface area contributed by atoms with Crippen molar-refractivity contribution in [3.05, 3.63) is 54.2 Å². The highest BCUT2D eigenvalue weighted by atomic mass is 16.2. The van der Waals surface area contributed by atoms with E-state index in [-0.39, 0.29) is 11.9 Å². The summed E-state index contributed by atoms with van der Waals surface area (Å²) in [6.45, 7) is 1.25. The van der Waals surface area contributed by atoms with Gasteiger partial charge in [0.2, 0.25) is 0 Å². The van der Waals surface area contributed by atoms with Gasteiger partial charge in [-0.25, -0.2) is 4.98 Å². The highest BCUT2D eigenvalue weighted by molar-refractivity contribution is 5.93. The summed E-state index contributed by atoms with van der Waals surface area (Å²) < 4.78 is 0. The zero-order valence-corrected chi connectivity index (χ0v) is 13.5. The number of carbonyl (C=O) groups excluding carboxylic acids is 1. The van der Waals surface area contributed by atoms with E-state index in [2.05, 4.69) is 16.5 Å². The Labute approximate surface area is 141 Å². The van der Waals surface area contributed by atoms with E-state index in [9.17, 15) is 4.79 Å². The van der Waals surface area contributed by atoms with Crippen molar-refractivity contribution in [2.75, 3.05) is 25.0 Å². The number of nitriles is 1. The van der Waals surface area contributed by atoms with Gasteiger partial charge >= 0.3 is 0 Å². The molecule has 1 aliphatic rings. The van der Waals surface area contributed by atoms with Crippen molar-refractivity contribution in [1.29, 1.82) is 5.26 Å². The highest BCUT2D eigenvalue weighted by Crippen LogP contribution is 2.21. The van der Waals surface area contributed by atoms with Gasteiger partial charge in [0.15, 0.2) is 6.19 Å². The minimum Gasteiger partial charge on any atom is -0.346 e. The second kappa shape index (κ2) is 7.01. The van der Waals surface area contributed by atoms with Crippen LogP contribution in [0.4, 0.5) is 11.5 Å². The molecule has 1 aromatic heterocycles. The number of anilines is 2. The summed E-state index contributed by atoms with van der Waals surface area (Å²) in [7, 11) is 1.92. The van der Waals surface area contributed by atoms with Crippen molar-refractivity contribution in [3.8, 4) is 6.19 Å². The molecule has 1 saturated heterocycles. The number of amides is 1. The summed E-state index contributed by atoms with van der Waals surface area (Å²) in [5, 5.41) is 11.8. The number of hydrogen-bond acceptors (Lipinski definition) is 5. The summed E-state index contributed by atoms with van der Waals surface area (Å²) in [6.07, 6.45) is 2.89. The summed E-state index contributed by atoms with van der Waals surface area (Å²) >= 11 is 0. The van der Waals surface area contributed by atoms with Gasteiger partial charge in [-0.3, -0.25) is 4.79 Å². The van der Waals surface area contributed by atoms with Gasteiger partial charge in [-0.05, 0) is 30.7 Å². The zero-order chi connectivity index (χ0) is 16.9. The molecular formula is C18H19N5O. The van der Waals surface area contributed by atoms with E-state index in [1.165, 1.54) is 0 Å². The van der Waals surface area contributed by atoms with E-state index in [1.54, 1.807) is 11.0 Å². The number of pyridine rings is 1. The maximum Gasteiger partial charge on any atom is 0.270 e. The van der Waals surface area contributed by atoms with Crippen LogP contribution in [0, 0.1) is 11.5 Å². The van der Waals surface area contributed by atoms with Crippen LogP contribution in [0.1, 0.15) is 16.9 Å². The number of aromatic nitrogens is 1. The van der Waals surface area contributed by atoms with Gasteiger partial charge in [-0.15, -0.1) is 0 Å². The van der Waals surface area contributed by atoms with Gasteiger partial charge in [0, 0.05) is 31.9 Å². The monoisotopic (exact) mass is 321 g/mol. The Hall–Kier alpha value is -3.07. The first kappa shape index (κ1) is 15.8. The van der Waals surface area contributed by atoms with Crippen molar-refractivity contribution < 1.29 is 4.79 Å². The normalized spacial score (nSPS) is 16.5. The van der Waals surface area contributed by atoms with Crippen LogP contribution in [0.5, 0.6) is 0 Å². The van der Waals surface area contributed by atoms with E-state index in [0.29, 0.717) is 24.6 Å². The summed E-state index contributed by atoms with van der Waals surface area (Å²) in [5.41, 5.74) is 1.38. The lowest BCUT2D eigenvalue weighted by molar-refractivity contribution is 0.0934. The predicted molar refractivity (Wildman–Crippen MR) is 91.8 cm³/mol. The van der Waals surface area contributed by atoms with Gasteiger partial charge in [-0.1, -0.05) is 24.3 Å². The minimum absolute atomic E-state index is 0.00513. The summed E-state index contributed by atoms with van der Waals surface area (Å²) in [5.74, 6) is 0.502.